The average molecular weight is 165 g/mol. The number of H-pyrrole nitrogens is 1. The van der Waals surface area contributed by atoms with E-state index in [-0.39, 0.29) is 11.0 Å². The second kappa shape index (κ2) is 2.10. The van der Waals surface area contributed by atoms with E-state index in [1.807, 2.05) is 6.20 Å². The van der Waals surface area contributed by atoms with Crippen LogP contribution in [0.25, 0.3) is 0 Å². The standard InChI is InChI=1S/C9H15N3/c1-8(2,9(10)3-4-9)7-5-11-6-12-7/h5-6H,3-4,10H2,1-2H3,(H,11,12). The molecule has 1 aliphatic carbocycles. The average Bonchev–Trinajstić information content (AvgIpc) is 2.59. The zero-order chi connectivity index (χ0) is 8.82. The van der Waals surface area contributed by atoms with Gasteiger partial charge in [0.15, 0.2) is 0 Å². The van der Waals surface area contributed by atoms with Crippen LogP contribution < -0.4 is 5.73 Å². The Balaban J connectivity index is 2.33. The molecule has 0 unspecified atom stereocenters. The Bertz CT molecular complexity index is 270. The number of aromatic amines is 1. The molecule has 66 valence electrons. The molecule has 0 radical (unpaired) electrons. The highest BCUT2D eigenvalue weighted by Crippen LogP contribution is 2.48. The van der Waals surface area contributed by atoms with Gasteiger partial charge in [0, 0.05) is 22.8 Å². The Hall–Kier alpha value is -0.830. The highest BCUT2D eigenvalue weighted by Gasteiger charge is 2.52. The number of aromatic nitrogens is 2. The minimum absolute atomic E-state index is 0.000463. The topological polar surface area (TPSA) is 54.7 Å². The highest BCUT2D eigenvalue weighted by molar-refractivity contribution is 5.25. The molecule has 3 heteroatoms. The number of hydrogen-bond donors (Lipinski definition) is 2. The van der Waals surface area contributed by atoms with Crippen LogP contribution in [0.5, 0.6) is 0 Å². The SMILES string of the molecule is CC(C)(c1cnc[nH]1)C1(N)CC1. The molecule has 1 aliphatic rings. The highest BCUT2D eigenvalue weighted by atomic mass is 14.9. The lowest BCUT2D eigenvalue weighted by atomic mass is 9.80. The van der Waals surface area contributed by atoms with Gasteiger partial charge in [0.05, 0.1) is 6.33 Å². The Labute approximate surface area is 72.4 Å². The summed E-state index contributed by atoms with van der Waals surface area (Å²) in [4.78, 5) is 7.15. The van der Waals surface area contributed by atoms with Crippen molar-refractivity contribution in [2.24, 2.45) is 5.73 Å². The number of hydrogen-bond acceptors (Lipinski definition) is 2. The molecule has 0 bridgehead atoms. The van der Waals surface area contributed by atoms with Crippen LogP contribution in [0.2, 0.25) is 0 Å². The minimum Gasteiger partial charge on any atom is -0.348 e. The third-order valence-corrected chi connectivity index (χ3v) is 3.20. The largest absolute Gasteiger partial charge is 0.348 e. The predicted molar refractivity (Wildman–Crippen MR) is 47.8 cm³/mol. The predicted octanol–water partition coefficient (Wildman–Crippen LogP) is 1.18. The van der Waals surface area contributed by atoms with Crippen molar-refractivity contribution >= 4 is 0 Å². The van der Waals surface area contributed by atoms with Crippen molar-refractivity contribution in [3.8, 4) is 0 Å². The van der Waals surface area contributed by atoms with E-state index in [2.05, 4.69) is 23.8 Å². The van der Waals surface area contributed by atoms with Crippen molar-refractivity contribution < 1.29 is 0 Å². The molecule has 0 spiro atoms. The van der Waals surface area contributed by atoms with E-state index in [1.165, 1.54) is 0 Å². The first-order chi connectivity index (χ1) is 5.56. The van der Waals surface area contributed by atoms with E-state index in [4.69, 9.17) is 5.73 Å². The molecule has 1 aromatic heterocycles. The molecular weight excluding hydrogens is 150 g/mol. The van der Waals surface area contributed by atoms with Crippen LogP contribution in [-0.4, -0.2) is 15.5 Å². The third-order valence-electron chi connectivity index (χ3n) is 3.20. The number of nitrogens with two attached hydrogens (primary N) is 1. The molecule has 12 heavy (non-hydrogen) atoms. The van der Waals surface area contributed by atoms with Gasteiger partial charge in [-0.25, -0.2) is 4.98 Å². The summed E-state index contributed by atoms with van der Waals surface area (Å²) in [7, 11) is 0. The molecule has 0 amide bonds. The molecular formula is C9H15N3. The molecule has 1 heterocycles. The maximum absolute atomic E-state index is 6.17. The monoisotopic (exact) mass is 165 g/mol. The Morgan fingerprint density at radius 3 is 2.67 bits per heavy atom. The van der Waals surface area contributed by atoms with E-state index in [0.717, 1.165) is 18.5 Å². The number of imidazole rings is 1. The molecule has 1 saturated carbocycles. The summed E-state index contributed by atoms with van der Waals surface area (Å²) in [6.45, 7) is 4.35. The Morgan fingerprint density at radius 2 is 2.25 bits per heavy atom. The lowest BCUT2D eigenvalue weighted by Gasteiger charge is -2.30. The van der Waals surface area contributed by atoms with Gasteiger partial charge in [0.1, 0.15) is 0 Å². The fourth-order valence-corrected chi connectivity index (χ4v) is 1.63. The Morgan fingerprint density at radius 1 is 1.58 bits per heavy atom. The quantitative estimate of drug-likeness (QED) is 0.691. The van der Waals surface area contributed by atoms with Gasteiger partial charge >= 0.3 is 0 Å². The van der Waals surface area contributed by atoms with Crippen LogP contribution in [0.15, 0.2) is 12.5 Å². The van der Waals surface area contributed by atoms with Crippen LogP contribution in [-0.2, 0) is 5.41 Å². The van der Waals surface area contributed by atoms with Crippen LogP contribution in [0.4, 0.5) is 0 Å². The smallest absolute Gasteiger partial charge is 0.0921 e. The van der Waals surface area contributed by atoms with Gasteiger partial charge in [-0.3, -0.25) is 0 Å². The maximum Gasteiger partial charge on any atom is 0.0921 e. The van der Waals surface area contributed by atoms with Crippen LogP contribution in [0, 0.1) is 0 Å². The van der Waals surface area contributed by atoms with Gasteiger partial charge < -0.3 is 10.7 Å². The molecule has 0 aromatic carbocycles. The first-order valence-corrected chi connectivity index (χ1v) is 4.34. The van der Waals surface area contributed by atoms with Crippen molar-refractivity contribution in [3.05, 3.63) is 18.2 Å². The molecule has 3 nitrogen and oxygen atoms in total. The fourth-order valence-electron chi connectivity index (χ4n) is 1.63. The van der Waals surface area contributed by atoms with Crippen molar-refractivity contribution in [1.29, 1.82) is 0 Å². The fraction of sp³-hybridized carbons (Fsp3) is 0.667. The van der Waals surface area contributed by atoms with Crippen molar-refractivity contribution in [1.82, 2.24) is 9.97 Å². The van der Waals surface area contributed by atoms with E-state index >= 15 is 0 Å². The lowest BCUT2D eigenvalue weighted by Crippen LogP contribution is -2.43. The zero-order valence-electron chi connectivity index (χ0n) is 7.59. The molecule has 3 N–H and O–H groups in total. The summed E-state index contributed by atoms with van der Waals surface area (Å²) < 4.78 is 0. The van der Waals surface area contributed by atoms with Crippen LogP contribution in [0.3, 0.4) is 0 Å². The van der Waals surface area contributed by atoms with Crippen LogP contribution in [0.1, 0.15) is 32.4 Å². The van der Waals surface area contributed by atoms with Gasteiger partial charge in [-0.1, -0.05) is 13.8 Å². The zero-order valence-corrected chi connectivity index (χ0v) is 7.59. The minimum atomic E-state index is -0.000463. The lowest BCUT2D eigenvalue weighted by molar-refractivity contribution is 0.382. The Kier molecular flexibility index (Phi) is 1.37. The molecule has 2 rings (SSSR count). The van der Waals surface area contributed by atoms with Crippen molar-refractivity contribution in [2.75, 3.05) is 0 Å². The second-order valence-corrected chi connectivity index (χ2v) is 4.25. The number of rotatable bonds is 2. The maximum atomic E-state index is 6.17. The van der Waals surface area contributed by atoms with E-state index in [0.29, 0.717) is 0 Å². The number of nitrogens with one attached hydrogen (secondary N) is 1. The third kappa shape index (κ3) is 0.894. The summed E-state index contributed by atoms with van der Waals surface area (Å²) in [6.07, 6.45) is 5.83. The van der Waals surface area contributed by atoms with E-state index in [1.54, 1.807) is 6.33 Å². The first-order valence-electron chi connectivity index (χ1n) is 4.34. The summed E-state index contributed by atoms with van der Waals surface area (Å²) >= 11 is 0. The second-order valence-electron chi connectivity index (χ2n) is 4.25. The molecule has 0 aliphatic heterocycles. The van der Waals surface area contributed by atoms with Gasteiger partial charge in [-0.15, -0.1) is 0 Å². The normalized spacial score (nSPS) is 20.9. The number of nitrogens with zero attached hydrogens (tertiary/aromatic N) is 1. The van der Waals surface area contributed by atoms with Crippen molar-refractivity contribution in [3.63, 3.8) is 0 Å². The van der Waals surface area contributed by atoms with E-state index < -0.39 is 0 Å². The summed E-state index contributed by atoms with van der Waals surface area (Å²) in [5, 5.41) is 0. The summed E-state index contributed by atoms with van der Waals surface area (Å²) in [5.41, 5.74) is 7.34. The van der Waals surface area contributed by atoms with Crippen LogP contribution >= 0.6 is 0 Å². The molecule has 0 saturated heterocycles. The molecule has 1 fully saturated rings. The van der Waals surface area contributed by atoms with Crippen molar-refractivity contribution in [2.45, 2.75) is 37.6 Å². The first kappa shape index (κ1) is 7.80. The summed E-state index contributed by atoms with van der Waals surface area (Å²) in [5.74, 6) is 0. The summed E-state index contributed by atoms with van der Waals surface area (Å²) in [6, 6.07) is 0. The van der Waals surface area contributed by atoms with Gasteiger partial charge in [-0.2, -0.15) is 0 Å². The molecule has 0 atom stereocenters. The van der Waals surface area contributed by atoms with E-state index in [9.17, 15) is 0 Å². The van der Waals surface area contributed by atoms with Gasteiger partial charge in [0.2, 0.25) is 0 Å². The van der Waals surface area contributed by atoms with Gasteiger partial charge in [-0.05, 0) is 12.8 Å². The molecule has 1 aromatic rings. The van der Waals surface area contributed by atoms with Gasteiger partial charge in [0.25, 0.3) is 0 Å².